The third kappa shape index (κ3) is 2.69. The summed E-state index contributed by atoms with van der Waals surface area (Å²) in [5.74, 6) is -1.03. The third-order valence-electron chi connectivity index (χ3n) is 3.98. The summed E-state index contributed by atoms with van der Waals surface area (Å²) in [6.07, 6.45) is 0.431. The van der Waals surface area contributed by atoms with Crippen LogP contribution in [0.15, 0.2) is 23.2 Å². The van der Waals surface area contributed by atoms with E-state index in [1.807, 2.05) is 0 Å². The molecule has 0 bridgehead atoms. The number of carboxylic acid groups (broad SMARTS) is 1. The number of fused-ring (bicyclic) bond motifs is 1. The number of aromatic carboxylic acids is 1. The van der Waals surface area contributed by atoms with Crippen LogP contribution >= 0.6 is 0 Å². The van der Waals surface area contributed by atoms with Gasteiger partial charge in [-0.05, 0) is 32.0 Å². The van der Waals surface area contributed by atoms with Crippen LogP contribution in [0, 0.1) is 0 Å². The SMILES string of the molecule is CC1(C)Oc2ccc(C(=O)O)cc2N=C1CN1C(=O)CCC1=O. The quantitative estimate of drug-likeness (QED) is 0.857. The van der Waals surface area contributed by atoms with Crippen molar-refractivity contribution < 1.29 is 24.2 Å². The topological polar surface area (TPSA) is 96.3 Å². The molecular formula is C16H16N2O5. The lowest BCUT2D eigenvalue weighted by Crippen LogP contribution is -2.47. The fourth-order valence-electron chi connectivity index (χ4n) is 2.61. The molecule has 7 nitrogen and oxygen atoms in total. The maximum atomic E-state index is 11.8. The van der Waals surface area contributed by atoms with Gasteiger partial charge in [0.1, 0.15) is 17.0 Å². The molecule has 120 valence electrons. The first-order valence-corrected chi connectivity index (χ1v) is 7.25. The molecule has 0 atom stereocenters. The molecule has 1 fully saturated rings. The number of imide groups is 1. The number of aliphatic imine (C=N–C) groups is 1. The summed E-state index contributed by atoms with van der Waals surface area (Å²) in [6, 6.07) is 4.43. The van der Waals surface area contributed by atoms with E-state index in [0.29, 0.717) is 17.1 Å². The van der Waals surface area contributed by atoms with Gasteiger partial charge in [-0.15, -0.1) is 0 Å². The molecule has 0 spiro atoms. The predicted octanol–water partition coefficient (Wildman–Crippen LogP) is 1.78. The van der Waals surface area contributed by atoms with E-state index in [0.717, 1.165) is 0 Å². The molecule has 1 aromatic rings. The average Bonchev–Trinajstić information content (AvgIpc) is 2.78. The molecule has 2 aliphatic heterocycles. The van der Waals surface area contributed by atoms with Crippen LogP contribution in [-0.2, 0) is 9.59 Å². The molecule has 2 aliphatic rings. The van der Waals surface area contributed by atoms with E-state index in [1.54, 1.807) is 19.9 Å². The second-order valence-electron chi connectivity index (χ2n) is 6.03. The van der Waals surface area contributed by atoms with Gasteiger partial charge in [0, 0.05) is 12.8 Å². The molecular weight excluding hydrogens is 300 g/mol. The van der Waals surface area contributed by atoms with Crippen LogP contribution in [0.3, 0.4) is 0 Å². The smallest absolute Gasteiger partial charge is 0.335 e. The van der Waals surface area contributed by atoms with Gasteiger partial charge in [0.15, 0.2) is 0 Å². The number of likely N-dealkylation sites (tertiary alicyclic amines) is 1. The number of nitrogens with zero attached hydrogens (tertiary/aromatic N) is 2. The molecule has 2 amide bonds. The van der Waals surface area contributed by atoms with Crippen molar-refractivity contribution in [3.8, 4) is 5.75 Å². The Hall–Kier alpha value is -2.70. The van der Waals surface area contributed by atoms with E-state index in [1.165, 1.54) is 17.0 Å². The first-order chi connectivity index (χ1) is 10.8. The average molecular weight is 316 g/mol. The lowest BCUT2D eigenvalue weighted by atomic mass is 9.99. The number of carbonyl (C=O) groups is 3. The number of carboxylic acids is 1. The number of ether oxygens (including phenoxy) is 1. The van der Waals surface area contributed by atoms with Crippen molar-refractivity contribution in [2.24, 2.45) is 4.99 Å². The van der Waals surface area contributed by atoms with Crippen molar-refractivity contribution in [2.75, 3.05) is 6.54 Å². The summed E-state index contributed by atoms with van der Waals surface area (Å²) in [4.78, 5) is 40.3. The molecule has 0 aliphatic carbocycles. The Morgan fingerprint density at radius 1 is 1.30 bits per heavy atom. The van der Waals surface area contributed by atoms with Crippen molar-refractivity contribution in [1.82, 2.24) is 4.90 Å². The van der Waals surface area contributed by atoms with Crippen molar-refractivity contribution in [2.45, 2.75) is 32.3 Å². The van der Waals surface area contributed by atoms with Crippen molar-refractivity contribution in [3.05, 3.63) is 23.8 Å². The van der Waals surface area contributed by atoms with Gasteiger partial charge in [-0.25, -0.2) is 9.79 Å². The Morgan fingerprint density at radius 3 is 2.57 bits per heavy atom. The lowest BCUT2D eigenvalue weighted by molar-refractivity contribution is -0.137. The number of benzene rings is 1. The van der Waals surface area contributed by atoms with Crippen molar-refractivity contribution in [3.63, 3.8) is 0 Å². The molecule has 0 radical (unpaired) electrons. The molecule has 0 saturated carbocycles. The normalized spacial score (nSPS) is 19.2. The minimum atomic E-state index is -1.06. The van der Waals surface area contributed by atoms with Gasteiger partial charge in [-0.1, -0.05) is 0 Å². The second kappa shape index (κ2) is 5.19. The Balaban J connectivity index is 1.97. The first-order valence-electron chi connectivity index (χ1n) is 7.25. The highest BCUT2D eigenvalue weighted by atomic mass is 16.5. The Labute approximate surface area is 132 Å². The van der Waals surface area contributed by atoms with Crippen LogP contribution in [0.25, 0.3) is 0 Å². The Morgan fingerprint density at radius 2 is 1.96 bits per heavy atom. The van der Waals surface area contributed by atoms with Crippen LogP contribution in [-0.4, -0.2) is 45.6 Å². The van der Waals surface area contributed by atoms with Gasteiger partial charge >= 0.3 is 5.97 Å². The molecule has 0 unspecified atom stereocenters. The number of amides is 2. The molecule has 2 heterocycles. The Bertz CT molecular complexity index is 735. The van der Waals surface area contributed by atoms with E-state index in [4.69, 9.17) is 9.84 Å². The number of carbonyl (C=O) groups excluding carboxylic acids is 2. The number of rotatable bonds is 3. The summed E-state index contributed by atoms with van der Waals surface area (Å²) < 4.78 is 5.87. The van der Waals surface area contributed by atoms with Crippen LogP contribution in [0.5, 0.6) is 5.75 Å². The minimum Gasteiger partial charge on any atom is -0.480 e. The van der Waals surface area contributed by atoms with Gasteiger partial charge in [0.2, 0.25) is 11.8 Å². The standard InChI is InChI=1S/C16H16N2O5/c1-16(2)12(8-18-13(19)5-6-14(18)20)17-10-7-9(15(21)22)3-4-11(10)23-16/h3-4,7H,5-6,8H2,1-2H3,(H,21,22). The van der Waals surface area contributed by atoms with Crippen LogP contribution in [0.1, 0.15) is 37.0 Å². The summed E-state index contributed by atoms with van der Waals surface area (Å²) in [5, 5.41) is 9.07. The largest absolute Gasteiger partial charge is 0.480 e. The zero-order valence-electron chi connectivity index (χ0n) is 12.8. The molecule has 1 saturated heterocycles. The zero-order chi connectivity index (χ0) is 16.8. The summed E-state index contributed by atoms with van der Waals surface area (Å²) >= 11 is 0. The van der Waals surface area contributed by atoms with Crippen LogP contribution < -0.4 is 4.74 Å². The number of hydrogen-bond acceptors (Lipinski definition) is 5. The maximum absolute atomic E-state index is 11.8. The highest BCUT2D eigenvalue weighted by molar-refractivity contribution is 6.08. The molecule has 1 N–H and O–H groups in total. The second-order valence-corrected chi connectivity index (χ2v) is 6.03. The molecule has 0 aromatic heterocycles. The summed E-state index contributed by atoms with van der Waals surface area (Å²) in [5.41, 5.74) is 0.207. The van der Waals surface area contributed by atoms with Gasteiger partial charge in [-0.3, -0.25) is 14.5 Å². The minimum absolute atomic E-state index is 0.0570. The van der Waals surface area contributed by atoms with E-state index in [-0.39, 0.29) is 36.8 Å². The highest BCUT2D eigenvalue weighted by Gasteiger charge is 2.37. The predicted molar refractivity (Wildman–Crippen MR) is 81.2 cm³/mol. The fourth-order valence-corrected chi connectivity index (χ4v) is 2.61. The van der Waals surface area contributed by atoms with Gasteiger partial charge in [0.25, 0.3) is 0 Å². The zero-order valence-corrected chi connectivity index (χ0v) is 12.8. The number of hydrogen-bond donors (Lipinski definition) is 1. The lowest BCUT2D eigenvalue weighted by Gasteiger charge is -2.34. The summed E-state index contributed by atoms with van der Waals surface area (Å²) in [7, 11) is 0. The summed E-state index contributed by atoms with van der Waals surface area (Å²) in [6.45, 7) is 3.65. The fraction of sp³-hybridized carbons (Fsp3) is 0.375. The van der Waals surface area contributed by atoms with E-state index in [9.17, 15) is 14.4 Å². The van der Waals surface area contributed by atoms with Crippen LogP contribution in [0.4, 0.5) is 5.69 Å². The molecule has 23 heavy (non-hydrogen) atoms. The highest BCUT2D eigenvalue weighted by Crippen LogP contribution is 2.37. The Kier molecular flexibility index (Phi) is 3.43. The maximum Gasteiger partial charge on any atom is 0.335 e. The van der Waals surface area contributed by atoms with E-state index in [2.05, 4.69) is 4.99 Å². The molecule has 3 rings (SSSR count). The van der Waals surface area contributed by atoms with Crippen molar-refractivity contribution >= 4 is 29.2 Å². The monoisotopic (exact) mass is 316 g/mol. The van der Waals surface area contributed by atoms with E-state index >= 15 is 0 Å². The van der Waals surface area contributed by atoms with Crippen molar-refractivity contribution in [1.29, 1.82) is 0 Å². The van der Waals surface area contributed by atoms with E-state index < -0.39 is 11.6 Å². The molecule has 7 heteroatoms. The van der Waals surface area contributed by atoms with Gasteiger partial charge in [-0.2, -0.15) is 0 Å². The van der Waals surface area contributed by atoms with Gasteiger partial charge in [0.05, 0.1) is 17.8 Å². The molecule has 1 aromatic carbocycles. The van der Waals surface area contributed by atoms with Crippen LogP contribution in [0.2, 0.25) is 0 Å². The first kappa shape index (κ1) is 15.2. The van der Waals surface area contributed by atoms with Gasteiger partial charge < -0.3 is 9.84 Å². The third-order valence-corrected chi connectivity index (χ3v) is 3.98.